The fourth-order valence-electron chi connectivity index (χ4n) is 4.63. The van der Waals surface area contributed by atoms with Gasteiger partial charge >= 0.3 is 0 Å². The average Bonchev–Trinajstić information content (AvgIpc) is 3.24. The first-order chi connectivity index (χ1) is 16.6. The predicted octanol–water partition coefficient (Wildman–Crippen LogP) is 4.04. The van der Waals surface area contributed by atoms with Crippen molar-refractivity contribution in [2.75, 3.05) is 25.0 Å². The summed E-state index contributed by atoms with van der Waals surface area (Å²) in [4.78, 5) is 7.15. The molecule has 0 spiro atoms. The lowest BCUT2D eigenvalue weighted by atomic mass is 9.97. The standard InChI is InChI=1S/C26H24BClN6/c27-22-15-31-34-25(12-24(32-26(22)34)21-9-3-4-10-23(21)28)30-14-18-6-5-11-33(16-18)17-20-8-2-1-7-19(20)13-29/h1-4,7-10,12,15,18,30H,5-6,11,14,16-17H2. The maximum atomic E-state index is 9.41. The second-order valence-electron chi connectivity index (χ2n) is 8.74. The van der Waals surface area contributed by atoms with Gasteiger partial charge in [0.1, 0.15) is 13.7 Å². The van der Waals surface area contributed by atoms with E-state index >= 15 is 0 Å². The van der Waals surface area contributed by atoms with Gasteiger partial charge in [0, 0.05) is 42.5 Å². The van der Waals surface area contributed by atoms with Crippen LogP contribution in [0.2, 0.25) is 5.02 Å². The molecule has 1 aliphatic heterocycles. The van der Waals surface area contributed by atoms with Gasteiger partial charge in [0.05, 0.1) is 17.3 Å². The van der Waals surface area contributed by atoms with Crippen LogP contribution in [0.3, 0.4) is 0 Å². The van der Waals surface area contributed by atoms with Gasteiger partial charge in [-0.3, -0.25) is 4.90 Å². The predicted molar refractivity (Wildman–Crippen MR) is 136 cm³/mol. The van der Waals surface area contributed by atoms with Crippen molar-refractivity contribution in [2.45, 2.75) is 19.4 Å². The molecular weight excluding hydrogens is 443 g/mol. The number of nitriles is 1. The zero-order chi connectivity index (χ0) is 23.5. The summed E-state index contributed by atoms with van der Waals surface area (Å²) in [6.45, 7) is 3.62. The van der Waals surface area contributed by atoms with Crippen LogP contribution in [0.4, 0.5) is 5.82 Å². The lowest BCUT2D eigenvalue weighted by Gasteiger charge is -2.33. The van der Waals surface area contributed by atoms with Gasteiger partial charge < -0.3 is 5.32 Å². The van der Waals surface area contributed by atoms with E-state index in [1.54, 1.807) is 10.7 Å². The van der Waals surface area contributed by atoms with Crippen molar-refractivity contribution < 1.29 is 0 Å². The molecule has 0 bridgehead atoms. The molecule has 0 saturated carbocycles. The van der Waals surface area contributed by atoms with Crippen LogP contribution in [-0.4, -0.2) is 47.0 Å². The number of fused-ring (bicyclic) bond motifs is 1. The minimum absolute atomic E-state index is 0.475. The number of piperidine rings is 1. The van der Waals surface area contributed by atoms with Crippen LogP contribution in [0.1, 0.15) is 24.0 Å². The summed E-state index contributed by atoms with van der Waals surface area (Å²) in [6.07, 6.45) is 3.90. The molecule has 34 heavy (non-hydrogen) atoms. The molecule has 0 amide bonds. The van der Waals surface area contributed by atoms with Crippen LogP contribution >= 0.6 is 11.6 Å². The molecule has 168 valence electrons. The molecule has 6 nitrogen and oxygen atoms in total. The summed E-state index contributed by atoms with van der Waals surface area (Å²) in [5.41, 5.74) is 4.59. The zero-order valence-electron chi connectivity index (χ0n) is 18.8. The molecule has 2 aromatic heterocycles. The Morgan fingerprint density at radius 1 is 1.18 bits per heavy atom. The zero-order valence-corrected chi connectivity index (χ0v) is 19.5. The van der Waals surface area contributed by atoms with E-state index in [1.165, 1.54) is 0 Å². The minimum Gasteiger partial charge on any atom is -0.370 e. The molecule has 8 heteroatoms. The second-order valence-corrected chi connectivity index (χ2v) is 9.14. The molecule has 1 aliphatic rings. The van der Waals surface area contributed by atoms with Gasteiger partial charge in [-0.2, -0.15) is 14.9 Å². The van der Waals surface area contributed by atoms with Gasteiger partial charge in [-0.05, 0) is 48.5 Å². The summed E-state index contributed by atoms with van der Waals surface area (Å²) in [6, 6.07) is 19.8. The summed E-state index contributed by atoms with van der Waals surface area (Å²) in [7, 11) is 6.15. The molecular formula is C26H24BClN6. The Morgan fingerprint density at radius 2 is 2.00 bits per heavy atom. The smallest absolute Gasteiger partial charge is 0.150 e. The molecule has 4 aromatic rings. The van der Waals surface area contributed by atoms with E-state index in [-0.39, 0.29) is 0 Å². The molecule has 0 aliphatic carbocycles. The third kappa shape index (κ3) is 4.65. The quantitative estimate of drug-likeness (QED) is 0.434. The van der Waals surface area contributed by atoms with Crippen molar-refractivity contribution in [3.05, 3.63) is 76.9 Å². The third-order valence-corrected chi connectivity index (χ3v) is 6.69. The molecule has 3 heterocycles. The van der Waals surface area contributed by atoms with Gasteiger partial charge in [0.25, 0.3) is 0 Å². The van der Waals surface area contributed by atoms with Crippen LogP contribution in [0.25, 0.3) is 16.9 Å². The Bertz CT molecular complexity index is 1360. The summed E-state index contributed by atoms with van der Waals surface area (Å²) in [5, 5.41) is 18.1. The monoisotopic (exact) mass is 466 g/mol. The Morgan fingerprint density at radius 3 is 2.85 bits per heavy atom. The fraction of sp³-hybridized carbons (Fsp3) is 0.269. The van der Waals surface area contributed by atoms with Gasteiger partial charge in [-0.25, -0.2) is 4.98 Å². The number of anilines is 1. The van der Waals surface area contributed by atoms with Crippen LogP contribution in [-0.2, 0) is 6.54 Å². The van der Waals surface area contributed by atoms with Crippen molar-refractivity contribution in [2.24, 2.45) is 5.92 Å². The van der Waals surface area contributed by atoms with Gasteiger partial charge in [0.2, 0.25) is 0 Å². The van der Waals surface area contributed by atoms with Crippen molar-refractivity contribution in [3.8, 4) is 17.3 Å². The highest BCUT2D eigenvalue weighted by molar-refractivity contribution is 6.36. The number of rotatable bonds is 6. The molecule has 2 radical (unpaired) electrons. The number of hydrogen-bond donors (Lipinski definition) is 1. The van der Waals surface area contributed by atoms with Crippen LogP contribution in [0.5, 0.6) is 0 Å². The maximum absolute atomic E-state index is 9.41. The molecule has 1 unspecified atom stereocenters. The molecule has 1 saturated heterocycles. The van der Waals surface area contributed by atoms with E-state index in [4.69, 9.17) is 24.4 Å². The molecule has 1 fully saturated rings. The van der Waals surface area contributed by atoms with Crippen molar-refractivity contribution in [1.29, 1.82) is 5.26 Å². The van der Waals surface area contributed by atoms with Crippen LogP contribution < -0.4 is 10.8 Å². The van der Waals surface area contributed by atoms with Gasteiger partial charge in [-0.15, -0.1) is 0 Å². The number of nitrogens with one attached hydrogen (secondary N) is 1. The molecule has 5 rings (SSSR count). The first-order valence-corrected chi connectivity index (χ1v) is 11.8. The lowest BCUT2D eigenvalue weighted by Crippen LogP contribution is -2.37. The highest BCUT2D eigenvalue weighted by Crippen LogP contribution is 2.28. The Labute approximate surface area is 205 Å². The fourth-order valence-corrected chi connectivity index (χ4v) is 4.86. The normalized spacial score (nSPS) is 16.4. The number of aromatic nitrogens is 3. The van der Waals surface area contributed by atoms with E-state index in [0.29, 0.717) is 22.1 Å². The van der Waals surface area contributed by atoms with Gasteiger partial charge in [0.15, 0.2) is 5.65 Å². The number of likely N-dealkylation sites (tertiary alicyclic amines) is 1. The number of benzene rings is 2. The second kappa shape index (κ2) is 9.88. The maximum Gasteiger partial charge on any atom is 0.150 e. The first kappa shape index (κ1) is 22.5. The van der Waals surface area contributed by atoms with Crippen LogP contribution in [0, 0.1) is 17.2 Å². The van der Waals surface area contributed by atoms with Gasteiger partial charge in [-0.1, -0.05) is 48.0 Å². The summed E-state index contributed by atoms with van der Waals surface area (Å²) < 4.78 is 1.75. The van der Waals surface area contributed by atoms with Crippen molar-refractivity contribution in [1.82, 2.24) is 19.5 Å². The lowest BCUT2D eigenvalue weighted by molar-refractivity contribution is 0.173. The molecule has 2 aromatic carbocycles. The minimum atomic E-state index is 0.475. The largest absolute Gasteiger partial charge is 0.370 e. The third-order valence-electron chi connectivity index (χ3n) is 6.36. The van der Waals surface area contributed by atoms with Crippen molar-refractivity contribution >= 4 is 36.4 Å². The van der Waals surface area contributed by atoms with Crippen LogP contribution in [0.15, 0.2) is 60.8 Å². The van der Waals surface area contributed by atoms with Crippen molar-refractivity contribution in [3.63, 3.8) is 0 Å². The SMILES string of the molecule is [B]c1cnn2c(NCC3CCCN(Cc4ccccc4C#N)C3)cc(-c3ccccc3Cl)nc12. The highest BCUT2D eigenvalue weighted by atomic mass is 35.5. The topological polar surface area (TPSA) is 69.2 Å². The van der Waals surface area contributed by atoms with E-state index in [0.717, 1.165) is 67.2 Å². The van der Waals surface area contributed by atoms with E-state index in [9.17, 15) is 5.26 Å². The number of halogens is 1. The Kier molecular flexibility index (Phi) is 6.53. The number of nitrogens with zero attached hydrogens (tertiary/aromatic N) is 5. The van der Waals surface area contributed by atoms with E-state index < -0.39 is 0 Å². The summed E-state index contributed by atoms with van der Waals surface area (Å²) in [5.74, 6) is 1.31. The van der Waals surface area contributed by atoms with E-state index in [1.807, 2.05) is 54.6 Å². The Hall–Kier alpha value is -3.34. The summed E-state index contributed by atoms with van der Waals surface area (Å²) >= 11 is 6.44. The highest BCUT2D eigenvalue weighted by Gasteiger charge is 2.21. The molecule has 1 atom stereocenters. The first-order valence-electron chi connectivity index (χ1n) is 11.5. The number of hydrogen-bond acceptors (Lipinski definition) is 5. The Balaban J connectivity index is 1.33. The van der Waals surface area contributed by atoms with E-state index in [2.05, 4.69) is 21.4 Å². The molecule has 1 N–H and O–H groups in total. The average molecular weight is 467 g/mol.